The monoisotopic (exact) mass is 385 g/mol. The molecule has 3 rings (SSSR count). The molecule has 0 bridgehead atoms. The molecule has 6 nitrogen and oxygen atoms in total. The number of fused-ring (bicyclic) bond motifs is 1. The van der Waals surface area contributed by atoms with Gasteiger partial charge in [0.1, 0.15) is 5.69 Å². The molecule has 0 aliphatic rings. The van der Waals surface area contributed by atoms with E-state index in [1.807, 2.05) is 26.0 Å². The van der Waals surface area contributed by atoms with Gasteiger partial charge in [-0.2, -0.15) is 0 Å². The summed E-state index contributed by atoms with van der Waals surface area (Å²) in [6, 6.07) is 11.8. The van der Waals surface area contributed by atoms with Gasteiger partial charge in [0.15, 0.2) is 0 Å². The lowest BCUT2D eigenvalue weighted by Crippen LogP contribution is -2.30. The number of aromatic amines is 1. The van der Waals surface area contributed by atoms with Crippen LogP contribution in [-0.2, 0) is 10.0 Å². The van der Waals surface area contributed by atoms with Crippen LogP contribution in [0.2, 0.25) is 0 Å². The third-order valence-corrected chi connectivity index (χ3v) is 5.82. The molecule has 142 valence electrons. The Hall–Kier alpha value is -2.64. The summed E-state index contributed by atoms with van der Waals surface area (Å²) in [4.78, 5) is 15.8. The maximum Gasteiger partial charge on any atom is 0.272 e. The lowest BCUT2D eigenvalue weighted by Gasteiger charge is -2.10. The van der Waals surface area contributed by atoms with Crippen molar-refractivity contribution >= 4 is 32.5 Å². The second-order valence-electron chi connectivity index (χ2n) is 6.98. The van der Waals surface area contributed by atoms with Gasteiger partial charge in [-0.3, -0.25) is 4.79 Å². The quantitative estimate of drug-likeness (QED) is 0.625. The van der Waals surface area contributed by atoms with Gasteiger partial charge in [-0.05, 0) is 75.2 Å². The smallest absolute Gasteiger partial charge is 0.272 e. The van der Waals surface area contributed by atoms with E-state index in [1.54, 1.807) is 26.0 Å². The van der Waals surface area contributed by atoms with Crippen LogP contribution in [-0.4, -0.2) is 25.4 Å². The minimum Gasteiger partial charge on any atom is -0.351 e. The first-order valence-electron chi connectivity index (χ1n) is 8.69. The second kappa shape index (κ2) is 7.17. The Kier molecular flexibility index (Phi) is 5.08. The summed E-state index contributed by atoms with van der Waals surface area (Å²) >= 11 is 0. The fraction of sp³-hybridized carbons (Fsp3) is 0.250. The van der Waals surface area contributed by atoms with Gasteiger partial charge in [-0.1, -0.05) is 6.07 Å². The zero-order chi connectivity index (χ0) is 19.8. The Labute approximate surface area is 159 Å². The minimum absolute atomic E-state index is 0.158. The lowest BCUT2D eigenvalue weighted by atomic mass is 10.1. The van der Waals surface area contributed by atoms with Crippen molar-refractivity contribution in [3.05, 3.63) is 59.3 Å². The maximum atomic E-state index is 12.5. The van der Waals surface area contributed by atoms with E-state index < -0.39 is 10.0 Å². The van der Waals surface area contributed by atoms with E-state index >= 15 is 0 Å². The number of anilines is 1. The summed E-state index contributed by atoms with van der Waals surface area (Å²) in [7, 11) is -3.55. The van der Waals surface area contributed by atoms with Crippen LogP contribution in [0.25, 0.3) is 10.9 Å². The van der Waals surface area contributed by atoms with Crippen molar-refractivity contribution in [1.29, 1.82) is 0 Å². The normalized spacial score (nSPS) is 11.9. The number of aryl methyl sites for hydroxylation is 2. The Morgan fingerprint density at radius 1 is 1.04 bits per heavy atom. The Morgan fingerprint density at radius 3 is 2.33 bits per heavy atom. The first-order valence-corrected chi connectivity index (χ1v) is 10.2. The van der Waals surface area contributed by atoms with Gasteiger partial charge in [0.05, 0.1) is 4.90 Å². The molecule has 7 heteroatoms. The molecule has 1 aromatic heterocycles. The number of hydrogen-bond acceptors (Lipinski definition) is 3. The topological polar surface area (TPSA) is 91.1 Å². The van der Waals surface area contributed by atoms with E-state index in [0.717, 1.165) is 22.0 Å². The second-order valence-corrected chi connectivity index (χ2v) is 8.69. The molecular weight excluding hydrogens is 362 g/mol. The minimum atomic E-state index is -3.55. The molecule has 3 N–H and O–H groups in total. The molecule has 27 heavy (non-hydrogen) atoms. The fourth-order valence-corrected chi connectivity index (χ4v) is 4.27. The molecule has 0 radical (unpaired) electrons. The van der Waals surface area contributed by atoms with Crippen molar-refractivity contribution < 1.29 is 13.2 Å². The standard InChI is InChI=1S/C20H23N3O3S/c1-12(2)23-27(25,26)16-7-5-15(6-8-16)21-20(24)19-11-17-14(4)9-13(3)10-18(17)22-19/h5-12,22-23H,1-4H3,(H,21,24). The molecule has 1 amide bonds. The third-order valence-electron chi connectivity index (χ3n) is 4.15. The summed E-state index contributed by atoms with van der Waals surface area (Å²) in [5.74, 6) is -0.279. The van der Waals surface area contributed by atoms with Gasteiger partial charge in [-0.25, -0.2) is 13.1 Å². The van der Waals surface area contributed by atoms with E-state index in [0.29, 0.717) is 11.4 Å². The average Bonchev–Trinajstić information content (AvgIpc) is 2.98. The zero-order valence-corrected chi connectivity index (χ0v) is 16.6. The van der Waals surface area contributed by atoms with Crippen molar-refractivity contribution in [1.82, 2.24) is 9.71 Å². The van der Waals surface area contributed by atoms with Crippen LogP contribution < -0.4 is 10.0 Å². The third kappa shape index (κ3) is 4.20. The number of hydrogen-bond donors (Lipinski definition) is 3. The average molecular weight is 385 g/mol. The first kappa shape index (κ1) is 19.1. The summed E-state index contributed by atoms with van der Waals surface area (Å²) in [6.07, 6.45) is 0. The number of carbonyl (C=O) groups is 1. The molecule has 0 unspecified atom stereocenters. The van der Waals surface area contributed by atoms with Crippen molar-refractivity contribution in [3.8, 4) is 0 Å². The molecular formula is C20H23N3O3S. The number of nitrogens with one attached hydrogen (secondary N) is 3. The molecule has 1 heterocycles. The molecule has 0 spiro atoms. The number of benzene rings is 2. The van der Waals surface area contributed by atoms with E-state index in [9.17, 15) is 13.2 Å². The van der Waals surface area contributed by atoms with E-state index in [4.69, 9.17) is 0 Å². The number of H-pyrrole nitrogens is 1. The predicted octanol–water partition coefficient (Wildman–Crippen LogP) is 3.72. The number of amides is 1. The van der Waals surface area contributed by atoms with Crippen LogP contribution in [0.4, 0.5) is 5.69 Å². The SMILES string of the molecule is Cc1cc(C)c2cc(C(=O)Nc3ccc(S(=O)(=O)NC(C)C)cc3)[nH]c2c1. The van der Waals surface area contributed by atoms with E-state index in [-0.39, 0.29) is 16.8 Å². The predicted molar refractivity (Wildman–Crippen MR) is 108 cm³/mol. The van der Waals surface area contributed by atoms with Crippen molar-refractivity contribution in [2.45, 2.75) is 38.6 Å². The highest BCUT2D eigenvalue weighted by atomic mass is 32.2. The molecule has 0 saturated carbocycles. The summed E-state index contributed by atoms with van der Waals surface area (Å²) in [5, 5.41) is 3.79. The number of rotatable bonds is 5. The highest BCUT2D eigenvalue weighted by molar-refractivity contribution is 7.89. The van der Waals surface area contributed by atoms with Gasteiger partial charge < -0.3 is 10.3 Å². The van der Waals surface area contributed by atoms with Crippen LogP contribution in [0.5, 0.6) is 0 Å². The van der Waals surface area contributed by atoms with Gasteiger partial charge >= 0.3 is 0 Å². The fourth-order valence-electron chi connectivity index (χ4n) is 3.02. The van der Waals surface area contributed by atoms with Gasteiger partial charge in [0, 0.05) is 22.6 Å². The van der Waals surface area contributed by atoms with E-state index in [2.05, 4.69) is 21.1 Å². The van der Waals surface area contributed by atoms with Crippen LogP contribution in [0.3, 0.4) is 0 Å². The highest BCUT2D eigenvalue weighted by Crippen LogP contribution is 2.22. The summed E-state index contributed by atoms with van der Waals surface area (Å²) in [6.45, 7) is 7.54. The van der Waals surface area contributed by atoms with E-state index in [1.165, 1.54) is 12.1 Å². The van der Waals surface area contributed by atoms with Crippen LogP contribution >= 0.6 is 0 Å². The van der Waals surface area contributed by atoms with Crippen LogP contribution in [0.1, 0.15) is 35.5 Å². The Morgan fingerprint density at radius 2 is 1.70 bits per heavy atom. The van der Waals surface area contributed by atoms with Gasteiger partial charge in [-0.15, -0.1) is 0 Å². The molecule has 0 aliphatic carbocycles. The number of sulfonamides is 1. The molecule has 0 fully saturated rings. The molecule has 2 aromatic carbocycles. The number of aromatic nitrogens is 1. The van der Waals surface area contributed by atoms with Gasteiger partial charge in [0.2, 0.25) is 10.0 Å². The largest absolute Gasteiger partial charge is 0.351 e. The molecule has 3 aromatic rings. The number of carbonyl (C=O) groups excluding carboxylic acids is 1. The lowest BCUT2D eigenvalue weighted by molar-refractivity contribution is 0.102. The van der Waals surface area contributed by atoms with Crippen LogP contribution in [0, 0.1) is 13.8 Å². The van der Waals surface area contributed by atoms with Gasteiger partial charge in [0.25, 0.3) is 5.91 Å². The highest BCUT2D eigenvalue weighted by Gasteiger charge is 2.16. The summed E-state index contributed by atoms with van der Waals surface area (Å²) in [5.41, 5.74) is 4.12. The van der Waals surface area contributed by atoms with Crippen LogP contribution in [0.15, 0.2) is 47.4 Å². The van der Waals surface area contributed by atoms with Crippen molar-refractivity contribution in [2.75, 3.05) is 5.32 Å². The molecule has 0 atom stereocenters. The zero-order valence-electron chi connectivity index (χ0n) is 15.8. The first-order chi connectivity index (χ1) is 12.7. The molecule has 0 saturated heterocycles. The Balaban J connectivity index is 1.79. The van der Waals surface area contributed by atoms with Crippen molar-refractivity contribution in [3.63, 3.8) is 0 Å². The molecule has 0 aliphatic heterocycles. The summed E-state index contributed by atoms with van der Waals surface area (Å²) < 4.78 is 26.8. The Bertz CT molecular complexity index is 1100. The maximum absolute atomic E-state index is 12.5. The van der Waals surface area contributed by atoms with Crippen molar-refractivity contribution in [2.24, 2.45) is 0 Å².